The standard InChI is InChI=1S/C14H14FNO3S/c1-10-5-3-4-6-13(10)16-20(17,18)11-7-8-14(19-2)12(15)9-11/h3-9,16H,1-2H3. The highest BCUT2D eigenvalue weighted by molar-refractivity contribution is 7.92. The summed E-state index contributed by atoms with van der Waals surface area (Å²) in [6.07, 6.45) is 0. The van der Waals surface area contributed by atoms with E-state index in [0.29, 0.717) is 5.69 Å². The molecule has 0 saturated heterocycles. The molecule has 4 nitrogen and oxygen atoms in total. The Morgan fingerprint density at radius 3 is 2.45 bits per heavy atom. The molecule has 0 aromatic heterocycles. The molecule has 2 aromatic carbocycles. The van der Waals surface area contributed by atoms with Crippen LogP contribution in [0.1, 0.15) is 5.56 Å². The van der Waals surface area contributed by atoms with Crippen molar-refractivity contribution in [3.63, 3.8) is 0 Å². The highest BCUT2D eigenvalue weighted by atomic mass is 32.2. The van der Waals surface area contributed by atoms with Gasteiger partial charge in [-0.1, -0.05) is 18.2 Å². The van der Waals surface area contributed by atoms with Crippen LogP contribution in [0.15, 0.2) is 47.4 Å². The Labute approximate surface area is 117 Å². The van der Waals surface area contributed by atoms with Gasteiger partial charge in [0, 0.05) is 0 Å². The average molecular weight is 295 g/mol. The summed E-state index contributed by atoms with van der Waals surface area (Å²) in [6, 6.07) is 10.5. The minimum Gasteiger partial charge on any atom is -0.494 e. The summed E-state index contributed by atoms with van der Waals surface area (Å²) in [6.45, 7) is 1.78. The van der Waals surface area contributed by atoms with Crippen molar-refractivity contribution >= 4 is 15.7 Å². The van der Waals surface area contributed by atoms with E-state index in [9.17, 15) is 12.8 Å². The van der Waals surface area contributed by atoms with Crippen LogP contribution in [0.25, 0.3) is 0 Å². The molecule has 0 spiro atoms. The number of benzene rings is 2. The monoisotopic (exact) mass is 295 g/mol. The summed E-state index contributed by atoms with van der Waals surface area (Å²) in [7, 11) is -2.51. The van der Waals surface area contributed by atoms with Crippen LogP contribution in [0.3, 0.4) is 0 Å². The van der Waals surface area contributed by atoms with E-state index >= 15 is 0 Å². The molecule has 0 bridgehead atoms. The molecule has 0 atom stereocenters. The van der Waals surface area contributed by atoms with Gasteiger partial charge in [0.15, 0.2) is 11.6 Å². The van der Waals surface area contributed by atoms with Gasteiger partial charge < -0.3 is 4.74 Å². The Balaban J connectivity index is 2.36. The molecule has 6 heteroatoms. The second-order valence-electron chi connectivity index (χ2n) is 4.22. The number of halogens is 1. The van der Waals surface area contributed by atoms with Crippen molar-refractivity contribution in [1.29, 1.82) is 0 Å². The number of ether oxygens (including phenoxy) is 1. The number of para-hydroxylation sites is 1. The van der Waals surface area contributed by atoms with Crippen LogP contribution >= 0.6 is 0 Å². The topological polar surface area (TPSA) is 55.4 Å². The lowest BCUT2D eigenvalue weighted by Crippen LogP contribution is -2.14. The molecule has 0 aliphatic heterocycles. The highest BCUT2D eigenvalue weighted by Gasteiger charge is 2.17. The zero-order valence-corrected chi connectivity index (χ0v) is 11.9. The Bertz CT molecular complexity index is 729. The summed E-state index contributed by atoms with van der Waals surface area (Å²) in [5.74, 6) is -0.722. The zero-order valence-electron chi connectivity index (χ0n) is 11.1. The number of nitrogens with one attached hydrogen (secondary N) is 1. The summed E-state index contributed by atoms with van der Waals surface area (Å²) in [4.78, 5) is -0.154. The fraction of sp³-hybridized carbons (Fsp3) is 0.143. The van der Waals surface area contributed by atoms with E-state index in [1.807, 2.05) is 0 Å². The predicted octanol–water partition coefficient (Wildman–Crippen LogP) is 2.94. The van der Waals surface area contributed by atoms with Crippen molar-refractivity contribution in [2.45, 2.75) is 11.8 Å². The van der Waals surface area contributed by atoms with E-state index in [2.05, 4.69) is 4.72 Å². The number of anilines is 1. The van der Waals surface area contributed by atoms with Gasteiger partial charge in [-0.25, -0.2) is 12.8 Å². The summed E-state index contributed by atoms with van der Waals surface area (Å²) in [5.41, 5.74) is 1.24. The average Bonchev–Trinajstić information content (AvgIpc) is 2.41. The first-order valence-corrected chi connectivity index (χ1v) is 7.34. The third kappa shape index (κ3) is 2.91. The summed E-state index contributed by atoms with van der Waals surface area (Å²) < 4.78 is 45.1. The maximum Gasteiger partial charge on any atom is 0.262 e. The molecule has 0 unspecified atom stereocenters. The van der Waals surface area contributed by atoms with Crippen molar-refractivity contribution in [2.24, 2.45) is 0 Å². The van der Waals surface area contributed by atoms with Crippen LogP contribution in [0.2, 0.25) is 0 Å². The second kappa shape index (κ2) is 5.50. The molecular weight excluding hydrogens is 281 g/mol. The van der Waals surface area contributed by atoms with Crippen molar-refractivity contribution < 1.29 is 17.5 Å². The molecule has 0 aliphatic carbocycles. The molecule has 0 radical (unpaired) electrons. The Hall–Kier alpha value is -2.08. The Morgan fingerprint density at radius 2 is 1.85 bits per heavy atom. The molecule has 0 amide bonds. The summed E-state index contributed by atoms with van der Waals surface area (Å²) in [5, 5.41) is 0. The van der Waals surface area contributed by atoms with Gasteiger partial charge in [-0.15, -0.1) is 0 Å². The maximum atomic E-state index is 13.6. The molecule has 0 saturated carbocycles. The first-order valence-electron chi connectivity index (χ1n) is 5.86. The summed E-state index contributed by atoms with van der Waals surface area (Å²) >= 11 is 0. The van der Waals surface area contributed by atoms with E-state index in [1.165, 1.54) is 19.2 Å². The van der Waals surface area contributed by atoms with Crippen LogP contribution in [0.5, 0.6) is 5.75 Å². The van der Waals surface area contributed by atoms with Gasteiger partial charge in [0.25, 0.3) is 10.0 Å². The first-order chi connectivity index (χ1) is 9.44. The largest absolute Gasteiger partial charge is 0.494 e. The normalized spacial score (nSPS) is 11.2. The van der Waals surface area contributed by atoms with Gasteiger partial charge in [0.05, 0.1) is 17.7 Å². The lowest BCUT2D eigenvalue weighted by atomic mass is 10.2. The Kier molecular flexibility index (Phi) is 3.94. The molecular formula is C14H14FNO3S. The van der Waals surface area contributed by atoms with Gasteiger partial charge in [-0.05, 0) is 36.8 Å². The molecule has 20 heavy (non-hydrogen) atoms. The number of aryl methyl sites for hydroxylation is 1. The second-order valence-corrected chi connectivity index (χ2v) is 5.90. The van der Waals surface area contributed by atoms with Crippen molar-refractivity contribution in [2.75, 3.05) is 11.8 Å². The SMILES string of the molecule is COc1ccc(S(=O)(=O)Nc2ccccc2C)cc1F. The highest BCUT2D eigenvalue weighted by Crippen LogP contribution is 2.23. The van der Waals surface area contributed by atoms with Gasteiger partial charge in [0.1, 0.15) is 0 Å². The molecule has 1 N–H and O–H groups in total. The smallest absolute Gasteiger partial charge is 0.262 e. The quantitative estimate of drug-likeness (QED) is 0.943. The van der Waals surface area contributed by atoms with Crippen molar-refractivity contribution in [1.82, 2.24) is 0 Å². The lowest BCUT2D eigenvalue weighted by Gasteiger charge is -2.11. The van der Waals surface area contributed by atoms with E-state index in [0.717, 1.165) is 11.6 Å². The minimum atomic E-state index is -3.83. The Morgan fingerprint density at radius 1 is 1.15 bits per heavy atom. The number of rotatable bonds is 4. The van der Waals surface area contributed by atoms with E-state index in [1.54, 1.807) is 31.2 Å². The van der Waals surface area contributed by atoms with Crippen LogP contribution < -0.4 is 9.46 Å². The number of hydrogen-bond acceptors (Lipinski definition) is 3. The van der Waals surface area contributed by atoms with E-state index < -0.39 is 15.8 Å². The van der Waals surface area contributed by atoms with Crippen LogP contribution in [-0.4, -0.2) is 15.5 Å². The number of hydrogen-bond donors (Lipinski definition) is 1. The molecule has 0 aliphatic rings. The maximum absolute atomic E-state index is 13.6. The predicted molar refractivity (Wildman–Crippen MR) is 74.9 cm³/mol. The van der Waals surface area contributed by atoms with Gasteiger partial charge in [-0.2, -0.15) is 0 Å². The fourth-order valence-corrected chi connectivity index (χ4v) is 2.85. The zero-order chi connectivity index (χ0) is 14.8. The number of sulfonamides is 1. The fourth-order valence-electron chi connectivity index (χ4n) is 1.71. The van der Waals surface area contributed by atoms with Crippen molar-refractivity contribution in [3.05, 3.63) is 53.8 Å². The molecule has 2 aromatic rings. The third-order valence-electron chi connectivity index (χ3n) is 2.82. The lowest BCUT2D eigenvalue weighted by molar-refractivity contribution is 0.385. The van der Waals surface area contributed by atoms with E-state index in [4.69, 9.17) is 4.74 Å². The van der Waals surface area contributed by atoms with Crippen LogP contribution in [-0.2, 0) is 10.0 Å². The molecule has 0 fully saturated rings. The van der Waals surface area contributed by atoms with Crippen LogP contribution in [0.4, 0.5) is 10.1 Å². The van der Waals surface area contributed by atoms with Gasteiger partial charge >= 0.3 is 0 Å². The molecule has 0 heterocycles. The molecule has 2 rings (SSSR count). The third-order valence-corrected chi connectivity index (χ3v) is 4.19. The molecule has 106 valence electrons. The minimum absolute atomic E-state index is 0.000147. The number of methoxy groups -OCH3 is 1. The van der Waals surface area contributed by atoms with Crippen LogP contribution in [0, 0.1) is 12.7 Å². The van der Waals surface area contributed by atoms with Gasteiger partial charge in [-0.3, -0.25) is 4.72 Å². The van der Waals surface area contributed by atoms with E-state index in [-0.39, 0.29) is 10.6 Å². The van der Waals surface area contributed by atoms with Crippen molar-refractivity contribution in [3.8, 4) is 5.75 Å². The van der Waals surface area contributed by atoms with Gasteiger partial charge in [0.2, 0.25) is 0 Å². The first kappa shape index (κ1) is 14.3.